The highest BCUT2D eigenvalue weighted by Gasteiger charge is 2.43. The van der Waals surface area contributed by atoms with Crippen LogP contribution in [0.2, 0.25) is 0 Å². The van der Waals surface area contributed by atoms with Crippen LogP contribution in [-0.4, -0.2) is 40.7 Å². The second-order valence-electron chi connectivity index (χ2n) is 4.65. The zero-order valence-corrected chi connectivity index (χ0v) is 10.6. The third kappa shape index (κ3) is 2.65. The molecule has 0 spiro atoms. The second-order valence-corrected chi connectivity index (χ2v) is 4.65. The van der Waals surface area contributed by atoms with Gasteiger partial charge in [-0.1, -0.05) is 11.6 Å². The van der Waals surface area contributed by atoms with Crippen LogP contribution in [-0.2, 0) is 9.59 Å². The van der Waals surface area contributed by atoms with Gasteiger partial charge in [0.25, 0.3) is 0 Å². The smallest absolute Gasteiger partial charge is 0.263 e. The Bertz CT molecular complexity index is 490. The first kappa shape index (κ1) is 13.3. The van der Waals surface area contributed by atoms with E-state index in [0.29, 0.717) is 11.3 Å². The van der Waals surface area contributed by atoms with Crippen LogP contribution in [0.1, 0.15) is 32.1 Å². The maximum atomic E-state index is 11.8. The lowest BCUT2D eigenvalue weighted by Crippen LogP contribution is -2.34. The summed E-state index contributed by atoms with van der Waals surface area (Å²) in [6.45, 7) is -0.153. The van der Waals surface area contributed by atoms with Gasteiger partial charge in [0.05, 0.1) is 6.07 Å². The molecule has 0 aromatic heterocycles. The number of hydrogen-bond acceptors (Lipinski definition) is 4. The largest absolute Gasteiger partial charge is 0.335 e. The average molecular weight is 261 g/mol. The molecule has 100 valence electrons. The van der Waals surface area contributed by atoms with E-state index in [1.165, 1.54) is 12.0 Å². The number of rotatable bonds is 4. The van der Waals surface area contributed by atoms with E-state index in [4.69, 9.17) is 5.26 Å². The van der Waals surface area contributed by atoms with Crippen molar-refractivity contribution in [2.45, 2.75) is 32.1 Å². The Morgan fingerprint density at radius 2 is 1.89 bits per heavy atom. The van der Waals surface area contributed by atoms with E-state index in [-0.39, 0.29) is 13.1 Å². The molecule has 6 heteroatoms. The van der Waals surface area contributed by atoms with Gasteiger partial charge in [-0.15, -0.1) is 0 Å². The quantitative estimate of drug-likeness (QED) is 0.329. The molecule has 1 aliphatic heterocycles. The van der Waals surface area contributed by atoms with Gasteiger partial charge < -0.3 is 0 Å². The van der Waals surface area contributed by atoms with Crippen molar-refractivity contribution in [1.82, 2.24) is 9.80 Å². The molecule has 4 amide bonds. The van der Waals surface area contributed by atoms with E-state index in [0.717, 1.165) is 24.2 Å². The Morgan fingerprint density at radius 3 is 2.53 bits per heavy atom. The van der Waals surface area contributed by atoms with Crippen molar-refractivity contribution >= 4 is 17.8 Å². The van der Waals surface area contributed by atoms with Crippen LogP contribution in [0.5, 0.6) is 0 Å². The molecule has 1 aliphatic carbocycles. The van der Waals surface area contributed by atoms with Crippen LogP contribution in [0.3, 0.4) is 0 Å². The first-order chi connectivity index (χ1) is 9.15. The molecule has 2 rings (SSSR count). The van der Waals surface area contributed by atoms with Gasteiger partial charge in [0, 0.05) is 6.54 Å². The fraction of sp³-hybridized carbons (Fsp3) is 0.538. The number of nitrogens with zero attached hydrogens (tertiary/aromatic N) is 3. The van der Waals surface area contributed by atoms with Gasteiger partial charge in [-0.05, 0) is 32.1 Å². The highest BCUT2D eigenvalue weighted by Crippen LogP contribution is 2.21. The molecule has 19 heavy (non-hydrogen) atoms. The molecule has 0 aromatic rings. The number of carbonyl (C=O) groups excluding carboxylic acids is 3. The second kappa shape index (κ2) is 5.65. The average Bonchev–Trinajstić information content (AvgIpc) is 2.63. The van der Waals surface area contributed by atoms with E-state index in [2.05, 4.69) is 6.08 Å². The highest BCUT2D eigenvalue weighted by atomic mass is 16.2. The van der Waals surface area contributed by atoms with Crippen LogP contribution < -0.4 is 0 Å². The molecular formula is C13H15N3O3. The van der Waals surface area contributed by atoms with E-state index in [1.807, 2.05) is 0 Å². The zero-order chi connectivity index (χ0) is 13.8. The molecule has 0 saturated carbocycles. The molecule has 0 radical (unpaired) electrons. The minimum absolute atomic E-state index is 0.219. The van der Waals surface area contributed by atoms with Gasteiger partial charge >= 0.3 is 17.8 Å². The van der Waals surface area contributed by atoms with Gasteiger partial charge in [0.15, 0.2) is 0 Å². The van der Waals surface area contributed by atoms with Crippen LogP contribution in [0.4, 0.5) is 4.79 Å². The normalized spacial score (nSPS) is 19.7. The number of urea groups is 1. The minimum atomic E-state index is -0.899. The van der Waals surface area contributed by atoms with Crippen molar-refractivity contribution in [3.8, 4) is 6.07 Å². The van der Waals surface area contributed by atoms with Gasteiger partial charge in [0.1, 0.15) is 6.54 Å². The molecule has 1 heterocycles. The first-order valence-corrected chi connectivity index (χ1v) is 6.37. The van der Waals surface area contributed by atoms with Crippen molar-refractivity contribution in [2.24, 2.45) is 0 Å². The van der Waals surface area contributed by atoms with Crippen molar-refractivity contribution in [2.75, 3.05) is 13.1 Å². The Balaban J connectivity index is 1.98. The van der Waals surface area contributed by atoms with Gasteiger partial charge in [0.2, 0.25) is 0 Å². The van der Waals surface area contributed by atoms with E-state index in [1.54, 1.807) is 6.07 Å². The summed E-state index contributed by atoms with van der Waals surface area (Å²) in [4.78, 5) is 36.6. The summed E-state index contributed by atoms with van der Waals surface area (Å²) in [5.41, 5.74) is 1.23. The lowest BCUT2D eigenvalue weighted by molar-refractivity contribution is -0.143. The zero-order valence-electron chi connectivity index (χ0n) is 10.6. The lowest BCUT2D eigenvalue weighted by atomic mass is 9.97. The van der Waals surface area contributed by atoms with Gasteiger partial charge in [-0.3, -0.25) is 14.5 Å². The Morgan fingerprint density at radius 1 is 1.16 bits per heavy atom. The lowest BCUT2D eigenvalue weighted by Gasteiger charge is -2.16. The molecule has 0 bridgehead atoms. The number of allylic oxidation sites excluding steroid dienone is 1. The summed E-state index contributed by atoms with van der Waals surface area (Å²) >= 11 is 0. The summed E-state index contributed by atoms with van der Waals surface area (Å²) in [6.07, 6.45) is 7.10. The molecule has 0 atom stereocenters. The molecule has 1 fully saturated rings. The van der Waals surface area contributed by atoms with Crippen LogP contribution in [0.25, 0.3) is 0 Å². The monoisotopic (exact) mass is 261 g/mol. The van der Waals surface area contributed by atoms with E-state index in [9.17, 15) is 14.4 Å². The van der Waals surface area contributed by atoms with E-state index >= 15 is 0 Å². The van der Waals surface area contributed by atoms with Crippen molar-refractivity contribution < 1.29 is 14.4 Å². The van der Waals surface area contributed by atoms with Crippen molar-refractivity contribution in [3.05, 3.63) is 11.6 Å². The first-order valence-electron chi connectivity index (χ1n) is 6.37. The molecule has 6 nitrogen and oxygen atoms in total. The maximum absolute atomic E-state index is 11.8. The number of amides is 4. The van der Waals surface area contributed by atoms with Crippen LogP contribution >= 0.6 is 0 Å². The van der Waals surface area contributed by atoms with Crippen LogP contribution in [0.15, 0.2) is 11.6 Å². The summed E-state index contributed by atoms with van der Waals surface area (Å²) in [5, 5.41) is 8.53. The van der Waals surface area contributed by atoms with Crippen LogP contribution in [0, 0.1) is 11.3 Å². The summed E-state index contributed by atoms with van der Waals surface area (Å²) < 4.78 is 0. The van der Waals surface area contributed by atoms with Crippen molar-refractivity contribution in [1.29, 1.82) is 5.26 Å². The predicted molar refractivity (Wildman–Crippen MR) is 65.6 cm³/mol. The van der Waals surface area contributed by atoms with E-state index < -0.39 is 17.8 Å². The van der Waals surface area contributed by atoms with Gasteiger partial charge in [-0.2, -0.15) is 5.26 Å². The molecule has 0 N–H and O–H groups in total. The third-order valence-electron chi connectivity index (χ3n) is 3.41. The topological polar surface area (TPSA) is 81.5 Å². The molecular weight excluding hydrogens is 246 g/mol. The molecule has 1 saturated heterocycles. The summed E-state index contributed by atoms with van der Waals surface area (Å²) in [6, 6.07) is 1.04. The maximum Gasteiger partial charge on any atom is 0.335 e. The minimum Gasteiger partial charge on any atom is -0.263 e. The summed E-state index contributed by atoms with van der Waals surface area (Å²) in [5.74, 6) is -1.72. The Labute approximate surface area is 111 Å². The van der Waals surface area contributed by atoms with Gasteiger partial charge in [-0.25, -0.2) is 9.69 Å². The standard InChI is InChI=1S/C13H15N3O3/c14-7-9-16-12(18)11(17)15(13(16)19)8-6-10-4-2-1-3-5-10/h4H,1-3,5-6,8-9H2. The number of carbonyl (C=O) groups is 3. The SMILES string of the molecule is N#CCN1C(=O)C(=O)N(CCC2=CCCCC2)C1=O. The predicted octanol–water partition coefficient (Wildman–Crippen LogP) is 1.19. The molecule has 0 unspecified atom stereocenters. The fourth-order valence-corrected chi connectivity index (χ4v) is 2.34. The highest BCUT2D eigenvalue weighted by molar-refractivity contribution is 6.44. The van der Waals surface area contributed by atoms with Crippen molar-refractivity contribution in [3.63, 3.8) is 0 Å². The Kier molecular flexibility index (Phi) is 3.95. The Hall–Kier alpha value is -2.16. The number of nitriles is 1. The third-order valence-corrected chi connectivity index (χ3v) is 3.41. The number of hydrogen-bond donors (Lipinski definition) is 0. The summed E-state index contributed by atoms with van der Waals surface area (Å²) in [7, 11) is 0. The molecule has 0 aromatic carbocycles. The molecule has 2 aliphatic rings. The number of imide groups is 2. The fourth-order valence-electron chi connectivity index (χ4n) is 2.34.